The molecule has 1 aliphatic rings. The number of nitrogens with one attached hydrogen (secondary N) is 1. The number of hydrogen-bond acceptors (Lipinski definition) is 26. The quantitative estimate of drug-likeness (QED) is 0.00374. The van der Waals surface area contributed by atoms with Crippen LogP contribution in [0.2, 0.25) is 0 Å². The molecule has 146 heavy (non-hydrogen) atoms. The Balaban J connectivity index is -0.00000163. The van der Waals surface area contributed by atoms with E-state index in [-0.39, 0.29) is 140 Å². The van der Waals surface area contributed by atoms with E-state index in [9.17, 15) is 99.1 Å². The average Bonchev–Trinajstić information content (AvgIpc) is 1.58. The molecule has 1 atom stereocenters. The standard InChI is InChI=1S/C23H20F2N4OS.C14H16FN3.C12H11FN2O4.C11H10FNO6.C10H9FN2O2.C10H11FN2.C9H5FN2S.C6H3BrFNO2.CH3O.2ClH.2Na.Zn.H/c1-14-18(27-4)10-11-19(20(14)25)28-21(30)23(2,3)29(22(28)31)16-9-8-15(17(24)13-16)7-5-6-12-26;1-14(2,17-3)18-12-8-7-11(13(15)10-12)6-4-5-9-16;1-19-12(16)10(3-2-6-14)9-5-4-8(15(17)18)7-11(9)13;1-18-10(14)9(11(15)19-2)7-4-3-6(13(16)17)5-8(7)12;11-10-7-9(13(14)15)5-4-8(10)3-1-2-6-12;11-10-7-9(13)5-4-8(10)3-1-2-6-12;1-6-7(11-2)3-4-8(9(6)10)12-5-13;7-5-2-1-4(9(10)11)3-6(5)8;1-2;;;;;;/h8-11,13H,5-7H2,1-3H3;7-8,10,18H,4-6H2,1-2H3;4-5,7,10H,2-3H2,1H3;3-5,9H,1-2H3;4-5,7H,1-3H2;4-5,7H,1-3,13H2;3-4H,1H3;1-3H;1H3;2*1H;;;;/q;;;;;;;;-1;;;2*+1;+2;-1/p-2. The summed E-state index contributed by atoms with van der Waals surface area (Å²) in [6, 6.07) is 42.3. The van der Waals surface area contributed by atoms with Crippen LogP contribution in [0.1, 0.15) is 150 Å². The molecule has 3 N–H and O–H groups in total. The molecule has 0 aromatic heterocycles. The van der Waals surface area contributed by atoms with E-state index in [1.165, 1.54) is 91.5 Å². The van der Waals surface area contributed by atoms with Crippen LogP contribution in [0, 0.1) is 183 Å². The number of methoxy groups -OCH3 is 3. The second-order valence-electron chi connectivity index (χ2n) is 29.8. The van der Waals surface area contributed by atoms with Gasteiger partial charge in [-0.25, -0.2) is 55.8 Å². The van der Waals surface area contributed by atoms with Crippen molar-refractivity contribution < 1.29 is 173 Å². The number of nitrogen functional groups attached to an aromatic ring is 1. The first-order valence-electron chi connectivity index (χ1n) is 41.6. The molecule has 1 saturated heterocycles. The number of esters is 3. The molecular weight excluding hydrogens is 2140 g/mol. The fourth-order valence-electron chi connectivity index (χ4n) is 12.2. The number of nitro groups is 4. The van der Waals surface area contributed by atoms with Crippen molar-refractivity contribution in [3.8, 4) is 30.3 Å². The molecular formula is C96H89BrCl2F9N17Na2O16S2Zn. The second kappa shape index (κ2) is 70.4. The first-order valence-corrected chi connectivity index (χ1v) is 51.0. The van der Waals surface area contributed by atoms with Crippen molar-refractivity contribution in [2.24, 2.45) is 4.99 Å². The Bertz CT molecular complexity index is 6500. The number of hydrogen-bond donors (Lipinski definition) is 2. The molecule has 50 heteroatoms. The summed E-state index contributed by atoms with van der Waals surface area (Å²) in [5.41, 5.74) is 6.22. The number of aliphatic imine (C=N–C) groups is 1. The van der Waals surface area contributed by atoms with Crippen molar-refractivity contribution in [3.05, 3.63) is 328 Å². The summed E-state index contributed by atoms with van der Waals surface area (Å²) in [5.74, 6) is -11.1. The third-order valence-electron chi connectivity index (χ3n) is 19.4. The fraction of sp³-hybridized carbons (Fsp3) is 0.292. The largest absolute Gasteiger partial charge is 1.00 e. The van der Waals surface area contributed by atoms with Crippen LogP contribution in [-0.4, -0.2) is 93.4 Å². The van der Waals surface area contributed by atoms with Gasteiger partial charge >= 0.3 is 112 Å². The number of carbonyl (C=O) groups excluding carboxylic acids is 4. The number of anilines is 4. The average molecular weight is 2230 g/mol. The van der Waals surface area contributed by atoms with Gasteiger partial charge in [0, 0.05) is 98.4 Å². The van der Waals surface area contributed by atoms with Gasteiger partial charge in [-0.2, -0.15) is 38.4 Å². The molecule has 0 radical (unpaired) electrons. The van der Waals surface area contributed by atoms with E-state index < -0.39 is 134 Å². The van der Waals surface area contributed by atoms with Gasteiger partial charge < -0.3 is 36.7 Å². The number of nitrogens with zero attached hydrogens (tertiary/aromatic N) is 15. The summed E-state index contributed by atoms with van der Waals surface area (Å²) in [7, 11) is 13.9. The van der Waals surface area contributed by atoms with Gasteiger partial charge in [-0.05, 0) is 232 Å². The first-order chi connectivity index (χ1) is 68.2. The summed E-state index contributed by atoms with van der Waals surface area (Å²) < 4.78 is 137. The van der Waals surface area contributed by atoms with Crippen molar-refractivity contribution in [2.45, 2.75) is 154 Å². The number of nitrogens with two attached hydrogens (primary N) is 1. The molecule has 1 heterocycles. The zero-order chi connectivity index (χ0) is 109. The number of halogens is 12. The normalized spacial score (nSPS) is 10.8. The minimum absolute atomic E-state index is 0. The molecule has 9 aromatic carbocycles. The predicted octanol–water partition coefficient (Wildman–Crippen LogP) is 18.0. The number of unbranched alkanes of at least 4 members (excludes halogenated alkanes) is 4. The number of amides is 1. The van der Waals surface area contributed by atoms with Gasteiger partial charge in [-0.15, -0.1) is 0 Å². The molecule has 1 fully saturated rings. The maximum Gasteiger partial charge on any atom is 1.00 e. The van der Waals surface area contributed by atoms with Gasteiger partial charge in [0.15, 0.2) is 22.4 Å². The Hall–Kier alpha value is -13.3. The van der Waals surface area contributed by atoms with Gasteiger partial charge in [-0.1, -0.05) is 30.3 Å². The second-order valence-corrected chi connectivity index (χ2v) is 35.8. The number of carbonyl (C=O) groups is 4. The van der Waals surface area contributed by atoms with Gasteiger partial charge in [0.2, 0.25) is 0 Å². The van der Waals surface area contributed by atoms with Crippen molar-refractivity contribution >= 4 is 156 Å². The van der Waals surface area contributed by atoms with Crippen LogP contribution >= 0.6 is 59.7 Å². The summed E-state index contributed by atoms with van der Waals surface area (Å²) in [6.07, 6.45) is 6.21. The van der Waals surface area contributed by atoms with E-state index in [1.54, 1.807) is 64.1 Å². The number of nitro benzene ring substituents is 4. The van der Waals surface area contributed by atoms with Gasteiger partial charge in [0.05, 0.1) is 130 Å². The zero-order valence-corrected chi connectivity index (χ0v) is 92.1. The third-order valence-corrected chi connectivity index (χ3v) is 20.5. The van der Waals surface area contributed by atoms with Crippen molar-refractivity contribution in [2.75, 3.05) is 49.3 Å². The monoisotopic (exact) mass is 2230 g/mol. The van der Waals surface area contributed by atoms with E-state index in [1.807, 2.05) is 30.3 Å². The minimum Gasteiger partial charge on any atom is -1.00 e. The minimum atomic E-state index is -1.61. The maximum atomic E-state index is 15.0. The summed E-state index contributed by atoms with van der Waals surface area (Å²) in [5, 5.41) is 96.9. The van der Waals surface area contributed by atoms with E-state index in [0.29, 0.717) is 134 Å². The Morgan fingerprint density at radius 2 is 0.925 bits per heavy atom. The van der Waals surface area contributed by atoms with E-state index in [4.69, 9.17) is 88.5 Å². The number of ether oxygens (including phenoxy) is 3. The molecule has 0 saturated carbocycles. The molecule has 0 spiro atoms. The summed E-state index contributed by atoms with van der Waals surface area (Å²) >= 11 is 11.8. The van der Waals surface area contributed by atoms with E-state index >= 15 is 0 Å². The molecule has 9 aromatic rings. The Kier molecular flexibility index (Phi) is 65.0. The molecule has 1 aliphatic heterocycles. The van der Waals surface area contributed by atoms with Crippen LogP contribution in [0.5, 0.6) is 0 Å². The van der Waals surface area contributed by atoms with Crippen LogP contribution in [-0.2, 0) is 74.2 Å². The molecule has 1 unspecified atom stereocenters. The smallest absolute Gasteiger partial charge is 1.00 e. The van der Waals surface area contributed by atoms with E-state index in [0.717, 1.165) is 69.7 Å². The molecule has 0 bridgehead atoms. The summed E-state index contributed by atoms with van der Waals surface area (Å²) in [6.45, 7) is 30.6. The predicted molar refractivity (Wildman–Crippen MR) is 523 cm³/mol. The maximum absolute atomic E-state index is 15.0. The Morgan fingerprint density at radius 1 is 0.555 bits per heavy atom. The van der Waals surface area contributed by atoms with Crippen LogP contribution in [0.3, 0.4) is 0 Å². The fourth-order valence-corrected chi connectivity index (χ4v) is 13.0. The van der Waals surface area contributed by atoms with Crippen molar-refractivity contribution in [3.63, 3.8) is 0 Å². The number of thiocarbonyl (C=S) groups is 2. The topological polar surface area (TPSA) is 481 Å². The number of aryl methyl sites for hydroxylation is 4. The van der Waals surface area contributed by atoms with Crippen LogP contribution in [0.4, 0.5) is 102 Å². The Labute approximate surface area is 915 Å². The van der Waals surface area contributed by atoms with Gasteiger partial charge in [-0.3, -0.25) is 69.4 Å². The summed E-state index contributed by atoms with van der Waals surface area (Å²) in [4.78, 5) is 102. The van der Waals surface area contributed by atoms with Crippen molar-refractivity contribution in [1.82, 2.24) is 0 Å². The first kappa shape index (κ1) is 135. The number of non-ortho nitro benzene ring substituents is 4. The molecule has 10 rings (SSSR count). The number of nitriles is 5. The SMILES string of the molecule is COC(=O)C(C(=O)OC)c1ccc([N+](=O)[O-])cc1F.COC(=O)C(CCC#N)c1ccc([N+](=O)[O-])cc1F.C[O-].N#CCCCc1ccc(N)cc1F.N#CCCCc1ccc([N+](=O)[O-])cc1F.O=[N+]([O-])c1ccc(Br)c(F)c1.[C-]#[N+]C(C)(C)Nc1ccc(CCCC#N)c(F)c1.[C-]#[N+]c1ccc(N2C(=O)C(C)(C)N(c3ccc(CCCC#N)c(F)c3)C2=S)c(F)c1C.[C-]#[N+]c1ccc(N=C=S)c(F)c1C.[Cl][Zn][Cl].[H-].[Na+].[Na+]. The Morgan fingerprint density at radius 3 is 1.30 bits per heavy atom. The number of benzene rings is 9. The number of isothiocyanates is 1. The van der Waals surface area contributed by atoms with Crippen LogP contribution in [0.25, 0.3) is 14.5 Å². The molecule has 33 nitrogen and oxygen atoms in total. The van der Waals surface area contributed by atoms with Crippen molar-refractivity contribution in [1.29, 1.82) is 26.3 Å². The molecule has 754 valence electrons. The zero-order valence-electron chi connectivity index (χ0n) is 81.4. The van der Waals surface area contributed by atoms with Gasteiger partial charge in [0.1, 0.15) is 63.6 Å². The van der Waals surface area contributed by atoms with Crippen LogP contribution in [0.15, 0.2) is 161 Å². The number of rotatable bonds is 28. The third kappa shape index (κ3) is 43.5. The molecule has 0 aliphatic carbocycles. The van der Waals surface area contributed by atoms with Crippen LogP contribution < -0.4 is 85.1 Å². The molecule has 1 amide bonds. The van der Waals surface area contributed by atoms with E-state index in [2.05, 4.69) is 72.4 Å². The van der Waals surface area contributed by atoms with Gasteiger partial charge in [0.25, 0.3) is 34.3 Å².